The van der Waals surface area contributed by atoms with Crippen LogP contribution in [0.5, 0.6) is 0 Å². The zero-order valence-corrected chi connectivity index (χ0v) is 14.2. The first-order valence-corrected chi connectivity index (χ1v) is 7.82. The van der Waals surface area contributed by atoms with Crippen molar-refractivity contribution in [1.29, 1.82) is 0 Å². The molecule has 2 amide bonds. The second kappa shape index (κ2) is 7.61. The molecule has 0 aromatic rings. The summed E-state index contributed by atoms with van der Waals surface area (Å²) < 4.78 is 10.0. The molecule has 0 bridgehead atoms. The van der Waals surface area contributed by atoms with Crippen molar-refractivity contribution in [2.45, 2.75) is 71.4 Å². The highest BCUT2D eigenvalue weighted by Gasteiger charge is 2.43. The number of nitrogens with zero attached hydrogens (tertiary/aromatic N) is 1. The number of likely N-dealkylation sites (tertiary alicyclic amines) is 1. The van der Waals surface area contributed by atoms with Crippen LogP contribution in [0.4, 0.5) is 4.79 Å². The van der Waals surface area contributed by atoms with Gasteiger partial charge in [-0.3, -0.25) is 4.79 Å². The molecule has 0 radical (unpaired) electrons. The van der Waals surface area contributed by atoms with Crippen molar-refractivity contribution >= 4 is 18.0 Å². The van der Waals surface area contributed by atoms with Crippen molar-refractivity contribution in [3.8, 4) is 0 Å². The SMILES string of the molecule is CCCC[C@@H]1CC(=O)N(C(=O)OC(C)(C)C)[C@H](C(=O)OC)C1. The molecule has 2 atom stereocenters. The second-order valence-corrected chi connectivity index (χ2v) is 6.73. The molecule has 6 heteroatoms. The molecule has 1 heterocycles. The van der Waals surface area contributed by atoms with E-state index in [0.29, 0.717) is 6.42 Å². The van der Waals surface area contributed by atoms with E-state index in [1.54, 1.807) is 20.8 Å². The van der Waals surface area contributed by atoms with Crippen LogP contribution >= 0.6 is 0 Å². The Hall–Kier alpha value is -1.59. The van der Waals surface area contributed by atoms with Crippen molar-refractivity contribution in [2.75, 3.05) is 7.11 Å². The monoisotopic (exact) mass is 313 g/mol. The second-order valence-electron chi connectivity index (χ2n) is 6.73. The van der Waals surface area contributed by atoms with Crippen LogP contribution in [0.1, 0.15) is 59.8 Å². The van der Waals surface area contributed by atoms with Crippen LogP contribution in [0, 0.1) is 5.92 Å². The number of amides is 2. The van der Waals surface area contributed by atoms with Gasteiger partial charge in [-0.1, -0.05) is 19.8 Å². The highest BCUT2D eigenvalue weighted by molar-refractivity contribution is 5.98. The van der Waals surface area contributed by atoms with Gasteiger partial charge in [-0.05, 0) is 39.5 Å². The fraction of sp³-hybridized carbons (Fsp3) is 0.812. The van der Waals surface area contributed by atoms with E-state index in [-0.39, 0.29) is 18.2 Å². The molecular weight excluding hydrogens is 286 g/mol. The summed E-state index contributed by atoms with van der Waals surface area (Å²) in [6.07, 6.45) is 2.84. The molecule has 22 heavy (non-hydrogen) atoms. The van der Waals surface area contributed by atoms with E-state index < -0.39 is 23.7 Å². The summed E-state index contributed by atoms with van der Waals surface area (Å²) in [5, 5.41) is 0. The van der Waals surface area contributed by atoms with E-state index in [4.69, 9.17) is 9.47 Å². The zero-order valence-electron chi connectivity index (χ0n) is 14.2. The van der Waals surface area contributed by atoms with Crippen molar-refractivity contribution in [3.05, 3.63) is 0 Å². The number of carbonyl (C=O) groups is 3. The summed E-state index contributed by atoms with van der Waals surface area (Å²) in [6, 6.07) is -0.886. The van der Waals surface area contributed by atoms with E-state index >= 15 is 0 Å². The largest absolute Gasteiger partial charge is 0.467 e. The third kappa shape index (κ3) is 5.00. The van der Waals surface area contributed by atoms with E-state index in [9.17, 15) is 14.4 Å². The number of carbonyl (C=O) groups excluding carboxylic acids is 3. The third-order valence-corrected chi connectivity index (χ3v) is 3.63. The van der Waals surface area contributed by atoms with Crippen molar-refractivity contribution in [2.24, 2.45) is 5.92 Å². The van der Waals surface area contributed by atoms with Crippen molar-refractivity contribution in [1.82, 2.24) is 4.90 Å². The summed E-state index contributed by atoms with van der Waals surface area (Å²) in [4.78, 5) is 37.5. The molecular formula is C16H27NO5. The van der Waals surface area contributed by atoms with Gasteiger partial charge >= 0.3 is 12.1 Å². The minimum atomic E-state index is -0.886. The van der Waals surface area contributed by atoms with Crippen LogP contribution in [-0.2, 0) is 19.1 Å². The van der Waals surface area contributed by atoms with Crippen LogP contribution in [0.3, 0.4) is 0 Å². The van der Waals surface area contributed by atoms with E-state index in [1.807, 2.05) is 0 Å². The fourth-order valence-electron chi connectivity index (χ4n) is 2.61. The van der Waals surface area contributed by atoms with Gasteiger partial charge in [0.2, 0.25) is 5.91 Å². The number of piperidine rings is 1. The van der Waals surface area contributed by atoms with E-state index in [0.717, 1.165) is 24.2 Å². The number of hydrogen-bond acceptors (Lipinski definition) is 5. The lowest BCUT2D eigenvalue weighted by atomic mass is 9.86. The summed E-state index contributed by atoms with van der Waals surface area (Å²) >= 11 is 0. The fourth-order valence-corrected chi connectivity index (χ4v) is 2.61. The first-order chi connectivity index (χ1) is 10.2. The molecule has 1 saturated heterocycles. The smallest absolute Gasteiger partial charge is 0.417 e. The normalized spacial score (nSPS) is 22.4. The van der Waals surface area contributed by atoms with Gasteiger partial charge in [0.05, 0.1) is 7.11 Å². The topological polar surface area (TPSA) is 72.9 Å². The van der Waals surface area contributed by atoms with Gasteiger partial charge in [0.1, 0.15) is 11.6 Å². The Morgan fingerprint density at radius 1 is 1.32 bits per heavy atom. The first-order valence-electron chi connectivity index (χ1n) is 7.82. The number of methoxy groups -OCH3 is 1. The molecule has 0 N–H and O–H groups in total. The Kier molecular flexibility index (Phi) is 6.38. The Morgan fingerprint density at radius 3 is 2.45 bits per heavy atom. The average molecular weight is 313 g/mol. The van der Waals surface area contributed by atoms with Crippen LogP contribution in [0.2, 0.25) is 0 Å². The minimum Gasteiger partial charge on any atom is -0.467 e. The van der Waals surface area contributed by atoms with E-state index in [2.05, 4.69) is 6.92 Å². The molecule has 0 unspecified atom stereocenters. The molecule has 0 aliphatic carbocycles. The third-order valence-electron chi connectivity index (χ3n) is 3.63. The number of unbranched alkanes of at least 4 members (excludes halogenated alkanes) is 1. The number of imide groups is 1. The van der Waals surface area contributed by atoms with Gasteiger partial charge in [-0.25, -0.2) is 14.5 Å². The Bertz CT molecular complexity index is 427. The van der Waals surface area contributed by atoms with E-state index in [1.165, 1.54) is 7.11 Å². The van der Waals surface area contributed by atoms with Crippen LogP contribution in [0.25, 0.3) is 0 Å². The maximum atomic E-state index is 12.3. The number of esters is 1. The quantitative estimate of drug-likeness (QED) is 0.746. The Balaban J connectivity index is 2.91. The predicted molar refractivity (Wildman–Crippen MR) is 81.1 cm³/mol. The maximum Gasteiger partial charge on any atom is 0.417 e. The molecule has 6 nitrogen and oxygen atoms in total. The molecule has 0 saturated carbocycles. The first kappa shape index (κ1) is 18.5. The summed E-state index contributed by atoms with van der Waals surface area (Å²) in [7, 11) is 1.26. The molecule has 0 spiro atoms. The Labute approximate surface area is 132 Å². The minimum absolute atomic E-state index is 0.107. The highest BCUT2D eigenvalue weighted by atomic mass is 16.6. The summed E-state index contributed by atoms with van der Waals surface area (Å²) in [6.45, 7) is 7.24. The Morgan fingerprint density at radius 2 is 1.95 bits per heavy atom. The number of ether oxygens (including phenoxy) is 2. The maximum absolute atomic E-state index is 12.3. The lowest BCUT2D eigenvalue weighted by Crippen LogP contribution is -2.54. The average Bonchev–Trinajstić information content (AvgIpc) is 2.41. The zero-order chi connectivity index (χ0) is 16.9. The summed E-state index contributed by atoms with van der Waals surface area (Å²) in [5.74, 6) is -0.826. The highest BCUT2D eigenvalue weighted by Crippen LogP contribution is 2.30. The summed E-state index contributed by atoms with van der Waals surface area (Å²) in [5.41, 5.74) is -0.725. The van der Waals surface area contributed by atoms with Gasteiger partial charge in [-0.15, -0.1) is 0 Å². The molecule has 0 aromatic carbocycles. The molecule has 126 valence electrons. The molecule has 1 aliphatic heterocycles. The van der Waals surface area contributed by atoms with Gasteiger partial charge in [-0.2, -0.15) is 0 Å². The predicted octanol–water partition coefficient (Wildman–Crippen LogP) is 2.89. The van der Waals surface area contributed by atoms with Crippen molar-refractivity contribution in [3.63, 3.8) is 0 Å². The number of rotatable bonds is 4. The van der Waals surface area contributed by atoms with Gasteiger partial charge in [0, 0.05) is 6.42 Å². The van der Waals surface area contributed by atoms with Gasteiger partial charge in [0.15, 0.2) is 0 Å². The number of hydrogen-bond donors (Lipinski definition) is 0. The van der Waals surface area contributed by atoms with Crippen LogP contribution < -0.4 is 0 Å². The van der Waals surface area contributed by atoms with Crippen LogP contribution in [0.15, 0.2) is 0 Å². The molecule has 0 aromatic heterocycles. The van der Waals surface area contributed by atoms with Crippen LogP contribution in [-0.4, -0.2) is 41.6 Å². The lowest BCUT2D eigenvalue weighted by molar-refractivity contribution is -0.156. The van der Waals surface area contributed by atoms with Gasteiger partial charge < -0.3 is 9.47 Å². The van der Waals surface area contributed by atoms with Gasteiger partial charge in [0.25, 0.3) is 0 Å². The lowest BCUT2D eigenvalue weighted by Gasteiger charge is -2.36. The molecule has 1 aliphatic rings. The molecule has 1 rings (SSSR count). The standard InChI is InChI=1S/C16H27NO5/c1-6-7-8-11-9-12(14(19)21-5)17(13(18)10-11)15(20)22-16(2,3)4/h11-12H,6-10H2,1-5H3/t11-,12-/m0/s1. The molecule has 1 fully saturated rings. The van der Waals surface area contributed by atoms with Crippen molar-refractivity contribution < 1.29 is 23.9 Å².